The predicted octanol–water partition coefficient (Wildman–Crippen LogP) is 4.88. The van der Waals surface area contributed by atoms with Gasteiger partial charge in [-0.3, -0.25) is 4.79 Å². The van der Waals surface area contributed by atoms with E-state index < -0.39 is 0 Å². The van der Waals surface area contributed by atoms with Gasteiger partial charge in [0.1, 0.15) is 24.7 Å². The molecule has 0 saturated heterocycles. The molecule has 5 nitrogen and oxygen atoms in total. The normalized spacial score (nSPS) is 10.1. The minimum atomic E-state index is -0.139. The summed E-state index contributed by atoms with van der Waals surface area (Å²) in [5.41, 5.74) is 2.63. The molecule has 0 saturated carbocycles. The average Bonchev–Trinajstić information content (AvgIpc) is 2.77. The first kappa shape index (κ1) is 20.0. The number of amides is 1. The minimum Gasteiger partial charge on any atom is -0.489 e. The summed E-state index contributed by atoms with van der Waals surface area (Å²) in [5, 5.41) is 5.95. The van der Waals surface area contributed by atoms with Gasteiger partial charge in [0.05, 0.1) is 6.54 Å². The van der Waals surface area contributed by atoms with Gasteiger partial charge in [-0.15, -0.1) is 0 Å². The van der Waals surface area contributed by atoms with Crippen molar-refractivity contribution in [2.24, 2.45) is 0 Å². The summed E-state index contributed by atoms with van der Waals surface area (Å²) in [7, 11) is 0. The fourth-order valence-electron chi connectivity index (χ4n) is 2.61. The quantitative estimate of drug-likeness (QED) is 0.486. The molecule has 3 aromatic rings. The second-order valence-corrected chi connectivity index (χ2v) is 6.33. The fourth-order valence-corrected chi connectivity index (χ4v) is 2.61. The summed E-state index contributed by atoms with van der Waals surface area (Å²) in [4.78, 5) is 12.2. The van der Waals surface area contributed by atoms with Gasteiger partial charge in [0, 0.05) is 17.4 Å². The van der Waals surface area contributed by atoms with Crippen LogP contribution in [0.4, 0.5) is 11.4 Å². The zero-order valence-electron chi connectivity index (χ0n) is 16.1. The van der Waals surface area contributed by atoms with Crippen molar-refractivity contribution in [3.05, 3.63) is 97.1 Å². The Morgan fingerprint density at radius 2 is 1.66 bits per heavy atom. The van der Waals surface area contributed by atoms with Crippen molar-refractivity contribution in [3.8, 4) is 11.5 Å². The molecule has 0 aliphatic rings. The van der Waals surface area contributed by atoms with Crippen molar-refractivity contribution < 1.29 is 14.3 Å². The fraction of sp³-hybridized carbons (Fsp3) is 0.125. The summed E-state index contributed by atoms with van der Waals surface area (Å²) in [6.07, 6.45) is 1.69. The van der Waals surface area contributed by atoms with Crippen LogP contribution in [-0.2, 0) is 11.4 Å². The van der Waals surface area contributed by atoms with Crippen LogP contribution in [0, 0.1) is 0 Å². The molecule has 0 aliphatic carbocycles. The first-order chi connectivity index (χ1) is 14.2. The molecule has 0 spiro atoms. The molecule has 0 fully saturated rings. The van der Waals surface area contributed by atoms with E-state index in [1.54, 1.807) is 6.08 Å². The Hall–Kier alpha value is -3.73. The van der Waals surface area contributed by atoms with Gasteiger partial charge in [-0.05, 0) is 42.0 Å². The standard InChI is InChI=1S/C24H24N2O3/c1-2-15-28-23-10-6-9-21(16-23)25-17-24(27)26-20-11-13-22(14-12-20)29-18-19-7-4-3-5-8-19/h2-14,16,25H,1,15,17-18H2,(H,26,27). The molecule has 29 heavy (non-hydrogen) atoms. The average molecular weight is 388 g/mol. The van der Waals surface area contributed by atoms with E-state index in [-0.39, 0.29) is 12.5 Å². The molecule has 3 rings (SSSR count). The number of carbonyl (C=O) groups is 1. The maximum atomic E-state index is 12.2. The Kier molecular flexibility index (Phi) is 7.29. The van der Waals surface area contributed by atoms with Gasteiger partial charge in [-0.2, -0.15) is 0 Å². The van der Waals surface area contributed by atoms with Gasteiger partial charge in [0.15, 0.2) is 0 Å². The lowest BCUT2D eigenvalue weighted by atomic mass is 10.2. The molecule has 0 atom stereocenters. The largest absolute Gasteiger partial charge is 0.489 e. The second kappa shape index (κ2) is 10.6. The number of nitrogens with one attached hydrogen (secondary N) is 2. The van der Waals surface area contributed by atoms with E-state index in [1.165, 1.54) is 0 Å². The van der Waals surface area contributed by atoms with E-state index in [9.17, 15) is 4.79 Å². The van der Waals surface area contributed by atoms with Gasteiger partial charge in [0.25, 0.3) is 0 Å². The molecule has 0 radical (unpaired) electrons. The molecule has 0 heterocycles. The van der Waals surface area contributed by atoms with Crippen LogP contribution in [0.15, 0.2) is 91.5 Å². The number of anilines is 2. The van der Waals surface area contributed by atoms with E-state index >= 15 is 0 Å². The summed E-state index contributed by atoms with van der Waals surface area (Å²) in [5.74, 6) is 1.34. The summed E-state index contributed by atoms with van der Waals surface area (Å²) < 4.78 is 11.2. The van der Waals surface area contributed by atoms with Crippen molar-refractivity contribution in [2.75, 3.05) is 23.8 Å². The van der Waals surface area contributed by atoms with Crippen LogP contribution in [0.2, 0.25) is 0 Å². The second-order valence-electron chi connectivity index (χ2n) is 6.33. The highest BCUT2D eigenvalue weighted by Crippen LogP contribution is 2.18. The number of benzene rings is 3. The third kappa shape index (κ3) is 6.74. The van der Waals surface area contributed by atoms with Crippen molar-refractivity contribution in [2.45, 2.75) is 6.61 Å². The Bertz CT molecular complexity index is 924. The molecule has 0 aromatic heterocycles. The summed E-state index contributed by atoms with van der Waals surface area (Å²) >= 11 is 0. The number of hydrogen-bond acceptors (Lipinski definition) is 4. The summed E-state index contributed by atoms with van der Waals surface area (Å²) in [6, 6.07) is 24.7. The van der Waals surface area contributed by atoms with Gasteiger partial charge in [-0.1, -0.05) is 49.1 Å². The number of ether oxygens (including phenoxy) is 2. The van der Waals surface area contributed by atoms with E-state index in [1.807, 2.05) is 78.9 Å². The highest BCUT2D eigenvalue weighted by Gasteiger charge is 2.04. The Morgan fingerprint density at radius 1 is 0.862 bits per heavy atom. The third-order valence-electron chi connectivity index (χ3n) is 4.04. The van der Waals surface area contributed by atoms with E-state index in [0.717, 1.165) is 22.7 Å². The highest BCUT2D eigenvalue weighted by atomic mass is 16.5. The highest BCUT2D eigenvalue weighted by molar-refractivity contribution is 5.93. The zero-order chi connectivity index (χ0) is 20.3. The van der Waals surface area contributed by atoms with Crippen LogP contribution < -0.4 is 20.1 Å². The molecule has 1 amide bonds. The monoisotopic (exact) mass is 388 g/mol. The first-order valence-electron chi connectivity index (χ1n) is 9.37. The zero-order valence-corrected chi connectivity index (χ0v) is 16.1. The Balaban J connectivity index is 1.45. The van der Waals surface area contributed by atoms with Gasteiger partial charge in [0.2, 0.25) is 5.91 Å². The van der Waals surface area contributed by atoms with Crippen molar-refractivity contribution >= 4 is 17.3 Å². The Labute approximate surface area is 171 Å². The maximum absolute atomic E-state index is 12.2. The number of carbonyl (C=O) groups excluding carboxylic acids is 1. The van der Waals surface area contributed by atoms with Gasteiger partial charge < -0.3 is 20.1 Å². The van der Waals surface area contributed by atoms with Crippen molar-refractivity contribution in [3.63, 3.8) is 0 Å². The van der Waals surface area contributed by atoms with Crippen molar-refractivity contribution in [1.29, 1.82) is 0 Å². The lowest BCUT2D eigenvalue weighted by molar-refractivity contribution is -0.114. The van der Waals surface area contributed by atoms with Gasteiger partial charge >= 0.3 is 0 Å². The smallest absolute Gasteiger partial charge is 0.243 e. The van der Waals surface area contributed by atoms with Crippen LogP contribution in [0.3, 0.4) is 0 Å². The minimum absolute atomic E-state index is 0.139. The molecular weight excluding hydrogens is 364 g/mol. The molecule has 5 heteroatoms. The topological polar surface area (TPSA) is 59.6 Å². The van der Waals surface area contributed by atoms with Crippen LogP contribution in [0.1, 0.15) is 5.56 Å². The maximum Gasteiger partial charge on any atom is 0.243 e. The summed E-state index contributed by atoms with van der Waals surface area (Å²) in [6.45, 7) is 4.72. The van der Waals surface area contributed by atoms with Crippen LogP contribution in [-0.4, -0.2) is 19.1 Å². The lowest BCUT2D eigenvalue weighted by Crippen LogP contribution is -2.21. The SMILES string of the molecule is C=CCOc1cccc(NCC(=O)Nc2ccc(OCc3ccccc3)cc2)c1. The number of rotatable bonds is 10. The van der Waals surface area contributed by atoms with Crippen LogP contribution in [0.5, 0.6) is 11.5 Å². The molecule has 0 unspecified atom stereocenters. The van der Waals surface area contributed by atoms with Gasteiger partial charge in [-0.25, -0.2) is 0 Å². The third-order valence-corrected chi connectivity index (χ3v) is 4.04. The molecule has 2 N–H and O–H groups in total. The van der Waals surface area contributed by atoms with Crippen LogP contribution >= 0.6 is 0 Å². The van der Waals surface area contributed by atoms with E-state index in [4.69, 9.17) is 9.47 Å². The Morgan fingerprint density at radius 3 is 2.41 bits per heavy atom. The van der Waals surface area contributed by atoms with Crippen molar-refractivity contribution in [1.82, 2.24) is 0 Å². The number of hydrogen-bond donors (Lipinski definition) is 2. The van der Waals surface area contributed by atoms with E-state index in [0.29, 0.717) is 18.9 Å². The molecule has 3 aromatic carbocycles. The molecular formula is C24H24N2O3. The predicted molar refractivity (Wildman–Crippen MR) is 116 cm³/mol. The molecule has 148 valence electrons. The lowest BCUT2D eigenvalue weighted by Gasteiger charge is -2.10. The van der Waals surface area contributed by atoms with Crippen LogP contribution in [0.25, 0.3) is 0 Å². The van der Waals surface area contributed by atoms with E-state index in [2.05, 4.69) is 17.2 Å². The molecule has 0 aliphatic heterocycles. The first-order valence-corrected chi connectivity index (χ1v) is 9.37. The molecule has 0 bridgehead atoms.